The van der Waals surface area contributed by atoms with E-state index in [1.807, 2.05) is 0 Å². The molecule has 0 aliphatic heterocycles. The van der Waals surface area contributed by atoms with Crippen molar-refractivity contribution in [3.8, 4) is 5.75 Å². The molecule has 0 unspecified atom stereocenters. The van der Waals surface area contributed by atoms with E-state index in [4.69, 9.17) is 23.2 Å². The lowest BCUT2D eigenvalue weighted by atomic mass is 10.1. The number of nitrogens with one attached hydrogen (secondary N) is 1. The molecule has 0 fully saturated rings. The van der Waals surface area contributed by atoms with Gasteiger partial charge in [-0.3, -0.25) is 4.79 Å². The van der Waals surface area contributed by atoms with Crippen LogP contribution in [0.5, 0.6) is 5.75 Å². The molecule has 0 saturated carbocycles. The van der Waals surface area contributed by atoms with E-state index < -0.39 is 0 Å². The first-order valence-corrected chi connectivity index (χ1v) is 6.29. The zero-order valence-electron chi connectivity index (χ0n) is 10.1. The smallest absolute Gasteiger partial charge is 0.255 e. The van der Waals surface area contributed by atoms with Gasteiger partial charge in [0.1, 0.15) is 5.75 Å². The summed E-state index contributed by atoms with van der Waals surface area (Å²) in [6.07, 6.45) is 0. The lowest BCUT2D eigenvalue weighted by molar-refractivity contribution is 0.102. The Bertz CT molecular complexity index is 641. The van der Waals surface area contributed by atoms with E-state index in [0.717, 1.165) is 5.56 Å². The summed E-state index contributed by atoms with van der Waals surface area (Å²) in [5.74, 6) is -0.344. The number of anilines is 1. The molecule has 0 aliphatic rings. The Labute approximate surface area is 120 Å². The summed E-state index contributed by atoms with van der Waals surface area (Å²) >= 11 is 11.5. The van der Waals surface area contributed by atoms with Crippen molar-refractivity contribution in [1.29, 1.82) is 0 Å². The summed E-state index contributed by atoms with van der Waals surface area (Å²) in [4.78, 5) is 12.1. The highest BCUT2D eigenvalue weighted by Gasteiger charge is 2.10. The van der Waals surface area contributed by atoms with Gasteiger partial charge in [-0.1, -0.05) is 23.2 Å². The quantitative estimate of drug-likeness (QED) is 0.870. The SMILES string of the molecule is Cc1cc(Cl)ccc1C(=O)Nc1ccc(Cl)c(O)c1. The van der Waals surface area contributed by atoms with Gasteiger partial charge in [-0.2, -0.15) is 0 Å². The van der Waals surface area contributed by atoms with E-state index in [9.17, 15) is 9.90 Å². The highest BCUT2D eigenvalue weighted by molar-refractivity contribution is 6.32. The van der Waals surface area contributed by atoms with E-state index >= 15 is 0 Å². The van der Waals surface area contributed by atoms with Crippen LogP contribution in [0.2, 0.25) is 10.0 Å². The van der Waals surface area contributed by atoms with Gasteiger partial charge in [0.05, 0.1) is 5.02 Å². The average Bonchev–Trinajstić information content (AvgIpc) is 2.33. The Morgan fingerprint density at radius 3 is 2.53 bits per heavy atom. The molecule has 0 saturated heterocycles. The lowest BCUT2D eigenvalue weighted by Gasteiger charge is -2.08. The Morgan fingerprint density at radius 1 is 1.16 bits per heavy atom. The molecule has 3 nitrogen and oxygen atoms in total. The molecule has 0 bridgehead atoms. The fraction of sp³-hybridized carbons (Fsp3) is 0.0714. The van der Waals surface area contributed by atoms with Gasteiger partial charge in [0, 0.05) is 22.3 Å². The Kier molecular flexibility index (Phi) is 3.98. The zero-order valence-corrected chi connectivity index (χ0v) is 11.6. The van der Waals surface area contributed by atoms with Gasteiger partial charge < -0.3 is 10.4 Å². The number of amides is 1. The number of phenols is 1. The molecule has 2 N–H and O–H groups in total. The summed E-state index contributed by atoms with van der Waals surface area (Å²) in [6.45, 7) is 1.81. The predicted molar refractivity (Wildman–Crippen MR) is 77.3 cm³/mol. The number of aryl methyl sites for hydroxylation is 1. The van der Waals surface area contributed by atoms with E-state index in [-0.39, 0.29) is 16.7 Å². The molecule has 2 aromatic rings. The van der Waals surface area contributed by atoms with Gasteiger partial charge in [-0.25, -0.2) is 0 Å². The van der Waals surface area contributed by atoms with E-state index in [1.54, 1.807) is 31.2 Å². The first-order chi connectivity index (χ1) is 8.97. The number of hydrogen-bond donors (Lipinski definition) is 2. The maximum atomic E-state index is 12.1. The third kappa shape index (κ3) is 3.19. The van der Waals surface area contributed by atoms with E-state index in [0.29, 0.717) is 16.3 Å². The van der Waals surface area contributed by atoms with Crippen LogP contribution in [0.15, 0.2) is 36.4 Å². The maximum absolute atomic E-state index is 12.1. The normalized spacial score (nSPS) is 10.3. The van der Waals surface area contributed by atoms with E-state index in [1.165, 1.54) is 12.1 Å². The predicted octanol–water partition coefficient (Wildman–Crippen LogP) is 4.26. The van der Waals surface area contributed by atoms with Crippen molar-refractivity contribution in [2.24, 2.45) is 0 Å². The molecule has 2 rings (SSSR count). The summed E-state index contributed by atoms with van der Waals surface area (Å²) < 4.78 is 0. The van der Waals surface area contributed by atoms with E-state index in [2.05, 4.69) is 5.32 Å². The molecule has 0 spiro atoms. The second-order valence-corrected chi connectivity index (χ2v) is 4.92. The molecule has 2 aromatic carbocycles. The van der Waals surface area contributed by atoms with Crippen LogP contribution in [-0.4, -0.2) is 11.0 Å². The third-order valence-electron chi connectivity index (χ3n) is 2.64. The number of hydrogen-bond acceptors (Lipinski definition) is 2. The minimum atomic E-state index is -0.268. The van der Waals surface area contributed by atoms with Crippen LogP contribution in [0.1, 0.15) is 15.9 Å². The van der Waals surface area contributed by atoms with Crippen LogP contribution in [0, 0.1) is 6.92 Å². The van der Waals surface area contributed by atoms with Crippen LogP contribution < -0.4 is 5.32 Å². The molecule has 0 heterocycles. The van der Waals surface area contributed by atoms with Crippen LogP contribution in [-0.2, 0) is 0 Å². The van der Waals surface area contributed by atoms with Crippen molar-refractivity contribution >= 4 is 34.8 Å². The molecule has 0 aromatic heterocycles. The highest BCUT2D eigenvalue weighted by atomic mass is 35.5. The van der Waals surface area contributed by atoms with Crippen LogP contribution in [0.25, 0.3) is 0 Å². The van der Waals surface area contributed by atoms with Crippen molar-refractivity contribution in [3.05, 3.63) is 57.6 Å². The van der Waals surface area contributed by atoms with Gasteiger partial charge in [0.25, 0.3) is 5.91 Å². The topological polar surface area (TPSA) is 49.3 Å². The number of halogens is 2. The Balaban J connectivity index is 2.23. The molecule has 0 aliphatic carbocycles. The minimum Gasteiger partial charge on any atom is -0.506 e. The first kappa shape index (κ1) is 13.7. The number of rotatable bonds is 2. The summed E-state index contributed by atoms with van der Waals surface area (Å²) in [5, 5.41) is 13.0. The van der Waals surface area contributed by atoms with Gasteiger partial charge >= 0.3 is 0 Å². The maximum Gasteiger partial charge on any atom is 0.255 e. The molecule has 0 atom stereocenters. The largest absolute Gasteiger partial charge is 0.506 e. The fourth-order valence-corrected chi connectivity index (χ4v) is 2.01. The lowest BCUT2D eigenvalue weighted by Crippen LogP contribution is -2.13. The van der Waals surface area contributed by atoms with Gasteiger partial charge in [-0.05, 0) is 42.8 Å². The molecular formula is C14H11Cl2NO2. The molecule has 1 amide bonds. The number of carbonyl (C=O) groups excluding carboxylic acids is 1. The molecule has 19 heavy (non-hydrogen) atoms. The van der Waals surface area contributed by atoms with Crippen molar-refractivity contribution in [1.82, 2.24) is 0 Å². The molecule has 5 heteroatoms. The first-order valence-electron chi connectivity index (χ1n) is 5.53. The van der Waals surface area contributed by atoms with Crippen LogP contribution >= 0.6 is 23.2 Å². The highest BCUT2D eigenvalue weighted by Crippen LogP contribution is 2.26. The van der Waals surface area contributed by atoms with Crippen molar-refractivity contribution in [2.75, 3.05) is 5.32 Å². The standard InChI is InChI=1S/C14H11Cl2NO2/c1-8-6-9(15)2-4-11(8)14(19)17-10-3-5-12(16)13(18)7-10/h2-7,18H,1H3,(H,17,19). The van der Waals surface area contributed by atoms with Crippen molar-refractivity contribution in [2.45, 2.75) is 6.92 Å². The molecular weight excluding hydrogens is 285 g/mol. The van der Waals surface area contributed by atoms with Crippen LogP contribution in [0.4, 0.5) is 5.69 Å². The summed E-state index contributed by atoms with van der Waals surface area (Å²) in [6, 6.07) is 9.55. The Morgan fingerprint density at radius 2 is 1.89 bits per heavy atom. The van der Waals surface area contributed by atoms with Crippen molar-refractivity contribution in [3.63, 3.8) is 0 Å². The average molecular weight is 296 g/mol. The monoisotopic (exact) mass is 295 g/mol. The number of aromatic hydroxyl groups is 1. The van der Waals surface area contributed by atoms with Gasteiger partial charge in [0.15, 0.2) is 0 Å². The van der Waals surface area contributed by atoms with Crippen LogP contribution in [0.3, 0.4) is 0 Å². The third-order valence-corrected chi connectivity index (χ3v) is 3.19. The second kappa shape index (κ2) is 5.51. The minimum absolute atomic E-state index is 0.0766. The number of carbonyl (C=O) groups is 1. The number of phenolic OH excluding ortho intramolecular Hbond substituents is 1. The Hall–Kier alpha value is -1.71. The molecule has 98 valence electrons. The summed E-state index contributed by atoms with van der Waals surface area (Å²) in [5.41, 5.74) is 1.78. The van der Waals surface area contributed by atoms with Crippen molar-refractivity contribution < 1.29 is 9.90 Å². The second-order valence-electron chi connectivity index (χ2n) is 4.08. The zero-order chi connectivity index (χ0) is 14.0. The fourth-order valence-electron chi connectivity index (χ4n) is 1.67. The number of benzene rings is 2. The molecule has 0 radical (unpaired) electrons. The van der Waals surface area contributed by atoms with Gasteiger partial charge in [0.2, 0.25) is 0 Å². The summed E-state index contributed by atoms with van der Waals surface area (Å²) in [7, 11) is 0. The van der Waals surface area contributed by atoms with Gasteiger partial charge in [-0.15, -0.1) is 0 Å².